The molecule has 2 aromatic rings. The maximum atomic E-state index is 13.7. The van der Waals surface area contributed by atoms with Gasteiger partial charge in [-0.1, -0.05) is 18.2 Å². The molecule has 23 heavy (non-hydrogen) atoms. The SMILES string of the molecule is COc1ccc([C@@H](CNc2cccc(F)c2C#N)N(C)C)cc1. The zero-order chi connectivity index (χ0) is 16.8. The molecule has 0 aliphatic carbocycles. The first-order valence-electron chi connectivity index (χ1n) is 7.29. The van der Waals surface area contributed by atoms with Crippen LogP contribution in [0.5, 0.6) is 5.75 Å². The molecule has 0 saturated heterocycles. The van der Waals surface area contributed by atoms with Crippen molar-refractivity contribution < 1.29 is 9.13 Å². The van der Waals surface area contributed by atoms with E-state index < -0.39 is 5.82 Å². The molecular formula is C18H20FN3O. The highest BCUT2D eigenvalue weighted by Gasteiger charge is 2.15. The number of rotatable bonds is 6. The number of likely N-dealkylation sites (N-methyl/N-ethyl adjacent to an activating group) is 1. The van der Waals surface area contributed by atoms with Crippen LogP contribution in [0.1, 0.15) is 17.2 Å². The van der Waals surface area contributed by atoms with Crippen molar-refractivity contribution in [2.45, 2.75) is 6.04 Å². The van der Waals surface area contributed by atoms with E-state index in [2.05, 4.69) is 10.2 Å². The van der Waals surface area contributed by atoms with Crippen molar-refractivity contribution in [1.82, 2.24) is 4.90 Å². The van der Waals surface area contributed by atoms with Crippen LogP contribution in [0.25, 0.3) is 0 Å². The Morgan fingerprint density at radius 2 is 1.91 bits per heavy atom. The van der Waals surface area contributed by atoms with Crippen LogP contribution in [0.15, 0.2) is 42.5 Å². The minimum absolute atomic E-state index is 0.0414. The highest BCUT2D eigenvalue weighted by atomic mass is 19.1. The van der Waals surface area contributed by atoms with Crippen LogP contribution < -0.4 is 10.1 Å². The second kappa shape index (κ2) is 7.61. The summed E-state index contributed by atoms with van der Waals surface area (Å²) in [4.78, 5) is 2.07. The summed E-state index contributed by atoms with van der Waals surface area (Å²) in [5, 5.41) is 12.3. The molecule has 0 aliphatic rings. The third-order valence-electron chi connectivity index (χ3n) is 3.74. The molecule has 0 aromatic heterocycles. The van der Waals surface area contributed by atoms with Crippen molar-refractivity contribution in [1.29, 1.82) is 5.26 Å². The van der Waals surface area contributed by atoms with Gasteiger partial charge in [-0.15, -0.1) is 0 Å². The molecule has 2 rings (SSSR count). The number of hydrogen-bond acceptors (Lipinski definition) is 4. The van der Waals surface area contributed by atoms with Crippen LogP contribution >= 0.6 is 0 Å². The topological polar surface area (TPSA) is 48.3 Å². The molecule has 0 fully saturated rings. The molecular weight excluding hydrogens is 293 g/mol. The van der Waals surface area contributed by atoms with Gasteiger partial charge in [0.05, 0.1) is 18.8 Å². The molecule has 0 heterocycles. The normalized spacial score (nSPS) is 11.8. The number of anilines is 1. The Balaban J connectivity index is 2.18. The molecule has 0 unspecified atom stereocenters. The lowest BCUT2D eigenvalue weighted by molar-refractivity contribution is 0.311. The molecule has 0 bridgehead atoms. The molecule has 0 aliphatic heterocycles. The number of benzene rings is 2. The van der Waals surface area contributed by atoms with Crippen LogP contribution in [-0.2, 0) is 0 Å². The third kappa shape index (κ3) is 3.99. The van der Waals surface area contributed by atoms with Gasteiger partial charge in [-0.05, 0) is 43.9 Å². The van der Waals surface area contributed by atoms with E-state index in [0.717, 1.165) is 11.3 Å². The van der Waals surface area contributed by atoms with Crippen molar-refractivity contribution in [3.8, 4) is 11.8 Å². The molecule has 0 radical (unpaired) electrons. The Kier molecular flexibility index (Phi) is 5.56. The Morgan fingerprint density at radius 3 is 2.48 bits per heavy atom. The van der Waals surface area contributed by atoms with E-state index in [1.807, 2.05) is 44.4 Å². The molecule has 2 aromatic carbocycles. The highest BCUT2D eigenvalue weighted by molar-refractivity contribution is 5.58. The van der Waals surface area contributed by atoms with Crippen molar-refractivity contribution in [2.75, 3.05) is 33.1 Å². The summed E-state index contributed by atoms with van der Waals surface area (Å²) in [5.74, 6) is 0.291. The van der Waals surface area contributed by atoms with E-state index in [9.17, 15) is 4.39 Å². The van der Waals surface area contributed by atoms with Crippen molar-refractivity contribution in [3.63, 3.8) is 0 Å². The number of methoxy groups -OCH3 is 1. The van der Waals surface area contributed by atoms with Gasteiger partial charge in [-0.2, -0.15) is 5.26 Å². The number of hydrogen-bond donors (Lipinski definition) is 1. The number of halogens is 1. The lowest BCUT2D eigenvalue weighted by Crippen LogP contribution is -2.27. The van der Waals surface area contributed by atoms with Gasteiger partial charge in [-0.3, -0.25) is 0 Å². The Labute approximate surface area is 136 Å². The monoisotopic (exact) mass is 313 g/mol. The van der Waals surface area contributed by atoms with Crippen LogP contribution in [0.3, 0.4) is 0 Å². The summed E-state index contributed by atoms with van der Waals surface area (Å²) in [5.41, 5.74) is 1.66. The van der Waals surface area contributed by atoms with Crippen molar-refractivity contribution in [3.05, 3.63) is 59.4 Å². The first-order chi connectivity index (χ1) is 11.1. The molecule has 0 spiro atoms. The molecule has 0 saturated carbocycles. The predicted molar refractivity (Wildman–Crippen MR) is 89.0 cm³/mol. The molecule has 1 atom stereocenters. The first kappa shape index (κ1) is 16.8. The van der Waals surface area contributed by atoms with E-state index in [1.54, 1.807) is 19.2 Å². The molecule has 0 amide bonds. The lowest BCUT2D eigenvalue weighted by atomic mass is 10.1. The largest absolute Gasteiger partial charge is 0.497 e. The fourth-order valence-corrected chi connectivity index (χ4v) is 2.42. The minimum Gasteiger partial charge on any atom is -0.497 e. The average Bonchev–Trinajstić information content (AvgIpc) is 2.55. The lowest BCUT2D eigenvalue weighted by Gasteiger charge is -2.26. The summed E-state index contributed by atoms with van der Waals surface area (Å²) in [7, 11) is 5.59. The van der Waals surface area contributed by atoms with E-state index in [0.29, 0.717) is 12.2 Å². The van der Waals surface area contributed by atoms with Crippen LogP contribution in [0.2, 0.25) is 0 Å². The fourth-order valence-electron chi connectivity index (χ4n) is 2.42. The highest BCUT2D eigenvalue weighted by Crippen LogP contribution is 2.24. The van der Waals surface area contributed by atoms with E-state index in [1.165, 1.54) is 6.07 Å². The maximum absolute atomic E-state index is 13.7. The number of nitrogens with zero attached hydrogens (tertiary/aromatic N) is 2. The summed E-state index contributed by atoms with van der Waals surface area (Å²) in [6.07, 6.45) is 0. The van der Waals surface area contributed by atoms with Gasteiger partial charge in [0, 0.05) is 6.54 Å². The van der Waals surface area contributed by atoms with Gasteiger partial charge in [0.15, 0.2) is 0 Å². The van der Waals surface area contributed by atoms with Crippen LogP contribution in [0, 0.1) is 17.1 Å². The second-order valence-corrected chi connectivity index (χ2v) is 5.41. The predicted octanol–water partition coefficient (Wildman–Crippen LogP) is 3.42. The molecule has 4 nitrogen and oxygen atoms in total. The fraction of sp³-hybridized carbons (Fsp3) is 0.278. The average molecular weight is 313 g/mol. The van der Waals surface area contributed by atoms with Crippen molar-refractivity contribution >= 4 is 5.69 Å². The van der Waals surface area contributed by atoms with Gasteiger partial charge >= 0.3 is 0 Å². The third-order valence-corrected chi connectivity index (χ3v) is 3.74. The van der Waals surface area contributed by atoms with Gasteiger partial charge < -0.3 is 15.0 Å². The standard InChI is InChI=1S/C18H20FN3O/c1-22(2)18(13-7-9-14(23-3)10-8-13)12-21-17-6-4-5-16(19)15(17)11-20/h4-10,18,21H,12H2,1-3H3/t18-/m1/s1. The Hall–Kier alpha value is -2.58. The van der Waals surface area contributed by atoms with Gasteiger partial charge in [0.1, 0.15) is 23.2 Å². The van der Waals surface area contributed by atoms with Crippen LogP contribution in [0.4, 0.5) is 10.1 Å². The second-order valence-electron chi connectivity index (χ2n) is 5.41. The van der Waals surface area contributed by atoms with E-state index >= 15 is 0 Å². The maximum Gasteiger partial charge on any atom is 0.143 e. The molecule has 5 heteroatoms. The Bertz CT molecular complexity index is 692. The smallest absolute Gasteiger partial charge is 0.143 e. The summed E-state index contributed by atoms with van der Waals surface area (Å²) < 4.78 is 18.8. The van der Waals surface area contributed by atoms with Gasteiger partial charge in [0.2, 0.25) is 0 Å². The van der Waals surface area contributed by atoms with Gasteiger partial charge in [0.25, 0.3) is 0 Å². The first-order valence-corrected chi connectivity index (χ1v) is 7.29. The number of nitriles is 1. The van der Waals surface area contributed by atoms with E-state index in [4.69, 9.17) is 10.00 Å². The van der Waals surface area contributed by atoms with Crippen LogP contribution in [-0.4, -0.2) is 32.6 Å². The number of nitrogens with one attached hydrogen (secondary N) is 1. The zero-order valence-electron chi connectivity index (χ0n) is 13.5. The molecule has 120 valence electrons. The van der Waals surface area contributed by atoms with Gasteiger partial charge in [-0.25, -0.2) is 4.39 Å². The number of ether oxygens (including phenoxy) is 1. The minimum atomic E-state index is -0.511. The van der Waals surface area contributed by atoms with E-state index in [-0.39, 0.29) is 11.6 Å². The van der Waals surface area contributed by atoms with Crippen molar-refractivity contribution in [2.24, 2.45) is 0 Å². The Morgan fingerprint density at radius 1 is 1.22 bits per heavy atom. The summed E-state index contributed by atoms with van der Waals surface area (Å²) >= 11 is 0. The quantitative estimate of drug-likeness (QED) is 0.888. The summed E-state index contributed by atoms with van der Waals surface area (Å²) in [6.45, 7) is 0.553. The molecule has 1 N–H and O–H groups in total. The zero-order valence-corrected chi connectivity index (χ0v) is 13.5. The summed E-state index contributed by atoms with van der Waals surface area (Å²) in [6, 6.07) is 14.4.